The molecule has 2 rings (SSSR count). The zero-order valence-corrected chi connectivity index (χ0v) is 9.53. The van der Waals surface area contributed by atoms with E-state index in [1.54, 1.807) is 0 Å². The maximum Gasteiger partial charge on any atom is 0.304 e. The lowest BCUT2D eigenvalue weighted by Crippen LogP contribution is -2.29. The van der Waals surface area contributed by atoms with Gasteiger partial charge in [0.25, 0.3) is 0 Å². The Morgan fingerprint density at radius 3 is 3.20 bits per heavy atom. The third kappa shape index (κ3) is 3.44. The first-order valence-corrected chi connectivity index (χ1v) is 6.33. The highest BCUT2D eigenvalue weighted by Gasteiger charge is 2.10. The highest BCUT2D eigenvalue weighted by molar-refractivity contribution is 7.07. The van der Waals surface area contributed by atoms with Crippen molar-refractivity contribution >= 4 is 11.3 Å². The predicted molar refractivity (Wildman–Crippen MR) is 62.3 cm³/mol. The molecule has 1 aliphatic rings. The van der Waals surface area contributed by atoms with E-state index in [0.717, 1.165) is 25.3 Å². The Morgan fingerprint density at radius 2 is 2.40 bits per heavy atom. The van der Waals surface area contributed by atoms with Crippen molar-refractivity contribution in [1.82, 2.24) is 15.6 Å². The van der Waals surface area contributed by atoms with E-state index in [1.165, 1.54) is 30.6 Å². The Bertz CT molecular complexity index is 338. The SMILES string of the molecule is O=c1[nH]c(CNC2CCCNCC2)cs1. The first kappa shape index (κ1) is 10.9. The summed E-state index contributed by atoms with van der Waals surface area (Å²) < 4.78 is 0. The summed E-state index contributed by atoms with van der Waals surface area (Å²) in [5.74, 6) is 0. The normalized spacial score (nSPS) is 22.5. The van der Waals surface area contributed by atoms with E-state index in [1.807, 2.05) is 5.38 Å². The third-order valence-electron chi connectivity index (χ3n) is 2.73. The summed E-state index contributed by atoms with van der Waals surface area (Å²) in [5, 5.41) is 8.76. The highest BCUT2D eigenvalue weighted by Crippen LogP contribution is 2.06. The minimum absolute atomic E-state index is 0.0364. The molecule has 1 atom stereocenters. The summed E-state index contributed by atoms with van der Waals surface area (Å²) in [5.41, 5.74) is 1.00. The fraction of sp³-hybridized carbons (Fsp3) is 0.700. The summed E-state index contributed by atoms with van der Waals surface area (Å²) >= 11 is 1.23. The molecule has 0 aliphatic carbocycles. The van der Waals surface area contributed by atoms with Gasteiger partial charge in [-0.1, -0.05) is 11.3 Å². The third-order valence-corrected chi connectivity index (χ3v) is 3.45. The van der Waals surface area contributed by atoms with Crippen molar-refractivity contribution in [3.63, 3.8) is 0 Å². The van der Waals surface area contributed by atoms with Crippen molar-refractivity contribution in [3.05, 3.63) is 20.7 Å². The fourth-order valence-corrected chi connectivity index (χ4v) is 2.46. The van der Waals surface area contributed by atoms with Crippen LogP contribution >= 0.6 is 11.3 Å². The van der Waals surface area contributed by atoms with Crippen LogP contribution in [0.25, 0.3) is 0 Å². The number of hydrogen-bond donors (Lipinski definition) is 3. The molecule has 2 heterocycles. The number of nitrogens with one attached hydrogen (secondary N) is 3. The molecule has 1 unspecified atom stereocenters. The molecular formula is C10H17N3OS. The second kappa shape index (κ2) is 5.44. The van der Waals surface area contributed by atoms with Crippen LogP contribution in [-0.2, 0) is 6.54 Å². The van der Waals surface area contributed by atoms with Gasteiger partial charge < -0.3 is 15.6 Å². The number of H-pyrrole nitrogens is 1. The van der Waals surface area contributed by atoms with Gasteiger partial charge in [0.1, 0.15) is 0 Å². The van der Waals surface area contributed by atoms with Gasteiger partial charge in [0, 0.05) is 23.7 Å². The molecule has 3 N–H and O–H groups in total. The first-order valence-electron chi connectivity index (χ1n) is 5.45. The smallest absolute Gasteiger partial charge is 0.304 e. The van der Waals surface area contributed by atoms with Crippen molar-refractivity contribution in [2.75, 3.05) is 13.1 Å². The Kier molecular flexibility index (Phi) is 3.94. The fourth-order valence-electron chi connectivity index (χ4n) is 1.88. The van der Waals surface area contributed by atoms with Crippen molar-refractivity contribution in [2.24, 2.45) is 0 Å². The van der Waals surface area contributed by atoms with E-state index in [2.05, 4.69) is 15.6 Å². The number of aromatic amines is 1. The summed E-state index contributed by atoms with van der Waals surface area (Å²) in [6.45, 7) is 3.01. The second-order valence-corrected chi connectivity index (χ2v) is 4.77. The summed E-state index contributed by atoms with van der Waals surface area (Å²) in [7, 11) is 0. The van der Waals surface area contributed by atoms with Crippen LogP contribution in [0.3, 0.4) is 0 Å². The zero-order chi connectivity index (χ0) is 10.5. The van der Waals surface area contributed by atoms with Crippen molar-refractivity contribution in [1.29, 1.82) is 0 Å². The van der Waals surface area contributed by atoms with E-state index in [9.17, 15) is 4.79 Å². The van der Waals surface area contributed by atoms with Gasteiger partial charge in [-0.3, -0.25) is 4.79 Å². The summed E-state index contributed by atoms with van der Waals surface area (Å²) in [4.78, 5) is 13.8. The van der Waals surface area contributed by atoms with Gasteiger partial charge >= 0.3 is 4.87 Å². The van der Waals surface area contributed by atoms with Crippen LogP contribution in [0.4, 0.5) is 0 Å². The van der Waals surface area contributed by atoms with Crippen LogP contribution in [0, 0.1) is 0 Å². The molecule has 84 valence electrons. The first-order chi connectivity index (χ1) is 7.34. The molecule has 0 bridgehead atoms. The molecule has 0 spiro atoms. The lowest BCUT2D eigenvalue weighted by Gasteiger charge is -2.14. The highest BCUT2D eigenvalue weighted by atomic mass is 32.1. The van der Waals surface area contributed by atoms with Gasteiger partial charge in [-0.25, -0.2) is 0 Å². The van der Waals surface area contributed by atoms with Crippen LogP contribution in [0.15, 0.2) is 10.2 Å². The monoisotopic (exact) mass is 227 g/mol. The number of thiazole rings is 1. The Hall–Kier alpha value is -0.650. The molecule has 1 saturated heterocycles. The minimum Gasteiger partial charge on any atom is -0.317 e. The van der Waals surface area contributed by atoms with Crippen LogP contribution in [0.2, 0.25) is 0 Å². The van der Waals surface area contributed by atoms with Crippen LogP contribution in [-0.4, -0.2) is 24.1 Å². The number of rotatable bonds is 3. The second-order valence-electron chi connectivity index (χ2n) is 3.93. The van der Waals surface area contributed by atoms with Gasteiger partial charge in [-0.2, -0.15) is 0 Å². The van der Waals surface area contributed by atoms with E-state index < -0.39 is 0 Å². The van der Waals surface area contributed by atoms with Gasteiger partial charge in [0.15, 0.2) is 0 Å². The molecule has 0 radical (unpaired) electrons. The van der Waals surface area contributed by atoms with Crippen LogP contribution in [0.5, 0.6) is 0 Å². The lowest BCUT2D eigenvalue weighted by atomic mass is 10.1. The molecule has 1 aromatic heterocycles. The van der Waals surface area contributed by atoms with E-state index >= 15 is 0 Å². The molecule has 0 saturated carbocycles. The Morgan fingerprint density at radius 1 is 1.47 bits per heavy atom. The van der Waals surface area contributed by atoms with Gasteiger partial charge in [-0.05, 0) is 32.4 Å². The van der Waals surface area contributed by atoms with Gasteiger partial charge in [0.05, 0.1) is 0 Å². The number of hydrogen-bond acceptors (Lipinski definition) is 4. The Labute approximate surface area is 93.1 Å². The molecule has 0 amide bonds. The van der Waals surface area contributed by atoms with E-state index in [4.69, 9.17) is 0 Å². The van der Waals surface area contributed by atoms with Crippen molar-refractivity contribution < 1.29 is 0 Å². The summed E-state index contributed by atoms with van der Waals surface area (Å²) in [6.07, 6.45) is 3.63. The summed E-state index contributed by atoms with van der Waals surface area (Å²) in [6, 6.07) is 0.586. The predicted octanol–water partition coefficient (Wildman–Crippen LogP) is 0.668. The molecular weight excluding hydrogens is 210 g/mol. The molecule has 1 aliphatic heterocycles. The van der Waals surface area contributed by atoms with E-state index in [0.29, 0.717) is 6.04 Å². The molecule has 1 fully saturated rings. The lowest BCUT2D eigenvalue weighted by molar-refractivity contribution is 0.466. The molecule has 4 nitrogen and oxygen atoms in total. The minimum atomic E-state index is 0.0364. The molecule has 5 heteroatoms. The average Bonchev–Trinajstić information content (AvgIpc) is 2.52. The van der Waals surface area contributed by atoms with Crippen molar-refractivity contribution in [3.8, 4) is 0 Å². The van der Waals surface area contributed by atoms with Gasteiger partial charge in [0.2, 0.25) is 0 Å². The zero-order valence-electron chi connectivity index (χ0n) is 8.71. The average molecular weight is 227 g/mol. The largest absolute Gasteiger partial charge is 0.317 e. The molecule has 1 aromatic rings. The molecule has 15 heavy (non-hydrogen) atoms. The molecule has 0 aromatic carbocycles. The topological polar surface area (TPSA) is 56.9 Å². The van der Waals surface area contributed by atoms with Crippen LogP contribution < -0.4 is 15.5 Å². The maximum absolute atomic E-state index is 10.9. The standard InChI is InChI=1S/C10H17N3OS/c14-10-13-9(7-15-10)6-12-8-2-1-4-11-5-3-8/h7-8,11-12H,1-6H2,(H,13,14). The van der Waals surface area contributed by atoms with E-state index in [-0.39, 0.29) is 4.87 Å². The number of aromatic nitrogens is 1. The van der Waals surface area contributed by atoms with Gasteiger partial charge in [-0.15, -0.1) is 0 Å². The maximum atomic E-state index is 10.9. The quantitative estimate of drug-likeness (QED) is 0.711. The van der Waals surface area contributed by atoms with Crippen LogP contribution in [0.1, 0.15) is 25.0 Å². The van der Waals surface area contributed by atoms with Crippen molar-refractivity contribution in [2.45, 2.75) is 31.8 Å². The Balaban J connectivity index is 1.79.